The fraction of sp³-hybridized carbons (Fsp3) is 0.0500. The van der Waals surface area contributed by atoms with Crippen LogP contribution >= 0.6 is 0 Å². The van der Waals surface area contributed by atoms with Crippen molar-refractivity contribution in [2.45, 2.75) is 11.8 Å². The third-order valence-electron chi connectivity index (χ3n) is 9.97. The van der Waals surface area contributed by atoms with Crippen molar-refractivity contribution >= 4 is 76.6 Å². The Morgan fingerprint density at radius 2 is 0.851 bits per heavy atom. The normalized spacial score (nSPS) is 15.6. The second-order valence-corrected chi connectivity index (χ2v) is 12.3. The molecule has 0 saturated heterocycles. The molecule has 11 rings (SSSR count). The van der Waals surface area contributed by atoms with E-state index in [9.17, 15) is 0 Å². The highest BCUT2D eigenvalue weighted by Gasteiger charge is 2.71. The van der Waals surface area contributed by atoms with E-state index in [1.54, 1.807) is 12.1 Å². The SMILES string of the molecule is FC1(F)c2c(c3ccc(-c4cccc5oc6ccccc6c45)c4oc5c(-c6cccc7c6oc6ccccc67)ccc2c5c34)C1(F)F. The number of rotatable bonds is 2. The van der Waals surface area contributed by atoms with Gasteiger partial charge in [-0.1, -0.05) is 78.9 Å². The number of halogens is 4. The zero-order valence-electron chi connectivity index (χ0n) is 24.1. The molecule has 3 nitrogen and oxygen atoms in total. The lowest BCUT2D eigenvalue weighted by atomic mass is 9.73. The number of para-hydroxylation sites is 3. The summed E-state index contributed by atoms with van der Waals surface area (Å²) in [6.45, 7) is 0. The van der Waals surface area contributed by atoms with Crippen molar-refractivity contribution < 1.29 is 30.8 Å². The molecule has 0 N–H and O–H groups in total. The number of fused-ring (bicyclic) bond motifs is 9. The van der Waals surface area contributed by atoms with Crippen LogP contribution in [0.25, 0.3) is 98.8 Å². The van der Waals surface area contributed by atoms with E-state index in [1.165, 1.54) is 12.1 Å². The van der Waals surface area contributed by atoms with Crippen LogP contribution in [0.5, 0.6) is 0 Å². The fourth-order valence-electron chi connectivity index (χ4n) is 7.95. The molecular weight excluding hydrogens is 604 g/mol. The van der Waals surface area contributed by atoms with E-state index in [4.69, 9.17) is 13.3 Å². The molecule has 7 aromatic carbocycles. The van der Waals surface area contributed by atoms with Crippen LogP contribution in [-0.2, 0) is 11.8 Å². The van der Waals surface area contributed by atoms with Crippen molar-refractivity contribution in [3.05, 3.63) is 120 Å². The largest absolute Gasteiger partial charge is 0.456 e. The first-order valence-electron chi connectivity index (χ1n) is 15.2. The van der Waals surface area contributed by atoms with Crippen LogP contribution in [0.15, 0.2) is 122 Å². The minimum atomic E-state index is -4.32. The molecule has 1 aliphatic carbocycles. The lowest BCUT2D eigenvalue weighted by molar-refractivity contribution is -0.251. The van der Waals surface area contributed by atoms with Gasteiger partial charge in [0.2, 0.25) is 0 Å². The number of furan rings is 3. The summed E-state index contributed by atoms with van der Waals surface area (Å²) in [5, 5.41) is 4.48. The minimum Gasteiger partial charge on any atom is -0.456 e. The molecule has 0 bridgehead atoms. The van der Waals surface area contributed by atoms with Gasteiger partial charge in [-0.15, -0.1) is 0 Å². The van der Waals surface area contributed by atoms with Crippen molar-refractivity contribution in [2.24, 2.45) is 0 Å². The second kappa shape index (κ2) is 8.12. The quantitative estimate of drug-likeness (QED) is 0.142. The second-order valence-electron chi connectivity index (χ2n) is 12.3. The monoisotopic (exact) mass is 622 g/mol. The molecule has 10 aromatic rings. The summed E-state index contributed by atoms with van der Waals surface area (Å²) in [6.07, 6.45) is 0. The van der Waals surface area contributed by atoms with Crippen LogP contribution in [0.3, 0.4) is 0 Å². The summed E-state index contributed by atoms with van der Waals surface area (Å²) in [5.41, 5.74) is 4.86. The molecule has 224 valence electrons. The summed E-state index contributed by atoms with van der Waals surface area (Å²) >= 11 is 0. The first-order valence-corrected chi connectivity index (χ1v) is 15.2. The van der Waals surface area contributed by atoms with E-state index < -0.39 is 23.0 Å². The first-order chi connectivity index (χ1) is 22.8. The molecule has 47 heavy (non-hydrogen) atoms. The highest BCUT2D eigenvalue weighted by atomic mass is 19.3. The lowest BCUT2D eigenvalue weighted by Gasteiger charge is -2.40. The molecule has 3 heterocycles. The van der Waals surface area contributed by atoms with Crippen LogP contribution in [0.1, 0.15) is 11.1 Å². The van der Waals surface area contributed by atoms with E-state index in [0.717, 1.165) is 27.1 Å². The molecule has 7 heteroatoms. The summed E-state index contributed by atoms with van der Waals surface area (Å²) in [6, 6.07) is 33.3. The van der Waals surface area contributed by atoms with E-state index in [-0.39, 0.29) is 10.8 Å². The van der Waals surface area contributed by atoms with Gasteiger partial charge in [0.1, 0.15) is 33.5 Å². The molecule has 0 atom stereocenters. The summed E-state index contributed by atoms with van der Waals surface area (Å²) in [5.74, 6) is -8.64. The molecule has 0 amide bonds. The maximum absolute atomic E-state index is 15.3. The van der Waals surface area contributed by atoms with Crippen LogP contribution < -0.4 is 0 Å². The Labute approximate surface area is 261 Å². The smallest absolute Gasteiger partial charge is 0.340 e. The molecular formula is C40H18F4O3. The summed E-state index contributed by atoms with van der Waals surface area (Å²) in [4.78, 5) is 0. The Balaban J connectivity index is 1.31. The highest BCUT2D eigenvalue weighted by molar-refractivity contribution is 6.30. The Morgan fingerprint density at radius 3 is 1.55 bits per heavy atom. The molecule has 0 radical (unpaired) electrons. The Bertz CT molecular complexity index is 2980. The highest BCUT2D eigenvalue weighted by Crippen LogP contribution is 2.66. The number of hydrogen-bond acceptors (Lipinski definition) is 3. The predicted octanol–water partition coefficient (Wildman–Crippen LogP) is 12.5. The van der Waals surface area contributed by atoms with Crippen LogP contribution in [-0.4, -0.2) is 0 Å². The van der Waals surface area contributed by atoms with Crippen molar-refractivity contribution in [1.29, 1.82) is 0 Å². The average molecular weight is 623 g/mol. The summed E-state index contributed by atoms with van der Waals surface area (Å²) < 4.78 is 80.4. The maximum atomic E-state index is 15.3. The van der Waals surface area contributed by atoms with Crippen molar-refractivity contribution in [3.8, 4) is 22.3 Å². The molecule has 1 aliphatic rings. The third-order valence-corrected chi connectivity index (χ3v) is 9.97. The van der Waals surface area contributed by atoms with Crippen molar-refractivity contribution in [2.75, 3.05) is 0 Å². The predicted molar refractivity (Wildman–Crippen MR) is 176 cm³/mol. The van der Waals surface area contributed by atoms with Gasteiger partial charge in [0.15, 0.2) is 0 Å². The van der Waals surface area contributed by atoms with Crippen LogP contribution in [0, 0.1) is 0 Å². The third kappa shape index (κ3) is 2.86. The van der Waals surface area contributed by atoms with E-state index in [0.29, 0.717) is 61.0 Å². The lowest BCUT2D eigenvalue weighted by Crippen LogP contribution is -2.47. The van der Waals surface area contributed by atoms with Gasteiger partial charge >= 0.3 is 11.8 Å². The molecule has 0 saturated carbocycles. The van der Waals surface area contributed by atoms with Gasteiger partial charge in [0, 0.05) is 60.1 Å². The van der Waals surface area contributed by atoms with Crippen LogP contribution in [0.2, 0.25) is 0 Å². The fourth-order valence-corrected chi connectivity index (χ4v) is 7.95. The average Bonchev–Trinajstić information content (AvgIpc) is 3.79. The Kier molecular flexibility index (Phi) is 4.38. The van der Waals surface area contributed by atoms with E-state index in [2.05, 4.69) is 0 Å². The van der Waals surface area contributed by atoms with Gasteiger partial charge in [-0.2, -0.15) is 17.6 Å². The van der Waals surface area contributed by atoms with E-state index >= 15 is 17.6 Å². The van der Waals surface area contributed by atoms with Gasteiger partial charge in [0.05, 0.1) is 0 Å². The first kappa shape index (κ1) is 25.4. The molecule has 0 aliphatic heterocycles. The standard InChI is InChI=1S/C40H18F4O3/c41-39(42)34-26-17-15-23(20-9-6-14-30-31(20)25-8-2-4-13-29(25)45-30)37-32(26)33-27(35(34)40(39,43)44)18-16-24(38(33)47-37)22-11-5-10-21-19-7-1-3-12-28(19)46-36(21)22/h1-18H. The molecule has 0 unspecified atom stereocenters. The zero-order chi connectivity index (χ0) is 31.4. The maximum Gasteiger partial charge on any atom is 0.340 e. The zero-order valence-corrected chi connectivity index (χ0v) is 24.1. The van der Waals surface area contributed by atoms with Gasteiger partial charge in [-0.3, -0.25) is 0 Å². The van der Waals surface area contributed by atoms with Crippen LogP contribution in [0.4, 0.5) is 17.6 Å². The number of benzene rings is 7. The molecule has 0 spiro atoms. The number of hydrogen-bond donors (Lipinski definition) is 0. The Hall–Kier alpha value is -5.82. The van der Waals surface area contributed by atoms with Gasteiger partial charge in [-0.05, 0) is 46.7 Å². The van der Waals surface area contributed by atoms with Gasteiger partial charge in [-0.25, -0.2) is 0 Å². The van der Waals surface area contributed by atoms with E-state index in [1.807, 2.05) is 84.9 Å². The molecule has 0 fully saturated rings. The molecule has 3 aromatic heterocycles. The number of alkyl halides is 4. The topological polar surface area (TPSA) is 39.4 Å². The van der Waals surface area contributed by atoms with Gasteiger partial charge in [0.25, 0.3) is 0 Å². The Morgan fingerprint density at radius 1 is 0.340 bits per heavy atom. The van der Waals surface area contributed by atoms with Crippen molar-refractivity contribution in [1.82, 2.24) is 0 Å². The van der Waals surface area contributed by atoms with Gasteiger partial charge < -0.3 is 13.3 Å². The van der Waals surface area contributed by atoms with Crippen molar-refractivity contribution in [3.63, 3.8) is 0 Å². The summed E-state index contributed by atoms with van der Waals surface area (Å²) in [7, 11) is 0. The minimum absolute atomic E-state index is 0.0572.